The molecule has 0 aromatic heterocycles. The third-order valence-electron chi connectivity index (χ3n) is 3.52. The zero-order valence-corrected chi connectivity index (χ0v) is 17.2. The van der Waals surface area contributed by atoms with Gasteiger partial charge in [0.05, 0.1) is 26.9 Å². The van der Waals surface area contributed by atoms with Gasteiger partial charge in [0.1, 0.15) is 23.3 Å². The second-order valence-corrected chi connectivity index (χ2v) is 7.74. The zero-order valence-electron chi connectivity index (χ0n) is 14.8. The molecule has 0 amide bonds. The molecule has 0 saturated carbocycles. The molecule has 0 radical (unpaired) electrons. The fourth-order valence-electron chi connectivity index (χ4n) is 2.20. The summed E-state index contributed by atoms with van der Waals surface area (Å²) in [6.45, 7) is 0. The van der Waals surface area contributed by atoms with E-state index in [9.17, 15) is 13.7 Å². The monoisotopic (exact) mass is 452 g/mol. The maximum atomic E-state index is 12.6. The van der Waals surface area contributed by atoms with Crippen molar-refractivity contribution < 1.29 is 22.6 Å². The fourth-order valence-corrected chi connectivity index (χ4v) is 3.42. The fraction of sp³-hybridized carbons (Fsp3) is 0.167. The van der Waals surface area contributed by atoms with Gasteiger partial charge < -0.3 is 14.2 Å². The minimum absolute atomic E-state index is 0.304. The SMILES string of the molecule is COc1cc(OC)c(C=C(C#N)S(=O)(=O)Nc2ccc(Br)cc2)c(OC)c1. The molecule has 2 aromatic carbocycles. The lowest BCUT2D eigenvalue weighted by Crippen LogP contribution is -2.14. The normalized spacial score (nSPS) is 11.4. The van der Waals surface area contributed by atoms with Crippen LogP contribution < -0.4 is 18.9 Å². The van der Waals surface area contributed by atoms with Crippen LogP contribution in [0.1, 0.15) is 5.56 Å². The van der Waals surface area contributed by atoms with Crippen molar-refractivity contribution >= 4 is 37.7 Å². The molecule has 142 valence electrons. The number of hydrogen-bond donors (Lipinski definition) is 1. The average molecular weight is 453 g/mol. The second kappa shape index (κ2) is 8.79. The van der Waals surface area contributed by atoms with Gasteiger partial charge in [-0.15, -0.1) is 0 Å². The number of sulfonamides is 1. The summed E-state index contributed by atoms with van der Waals surface area (Å²) >= 11 is 3.28. The van der Waals surface area contributed by atoms with Crippen molar-refractivity contribution in [3.63, 3.8) is 0 Å². The van der Waals surface area contributed by atoms with Gasteiger partial charge in [-0.25, -0.2) is 8.42 Å². The molecule has 2 aromatic rings. The van der Waals surface area contributed by atoms with E-state index in [2.05, 4.69) is 20.7 Å². The lowest BCUT2D eigenvalue weighted by atomic mass is 10.1. The molecule has 0 fully saturated rings. The quantitative estimate of drug-likeness (QED) is 0.641. The zero-order chi connectivity index (χ0) is 20.0. The van der Waals surface area contributed by atoms with Gasteiger partial charge in [-0.05, 0) is 30.3 Å². The van der Waals surface area contributed by atoms with Gasteiger partial charge in [-0.3, -0.25) is 4.72 Å². The van der Waals surface area contributed by atoms with Crippen molar-refractivity contribution in [3.05, 3.63) is 51.3 Å². The second-order valence-electron chi connectivity index (χ2n) is 5.18. The van der Waals surface area contributed by atoms with Crippen LogP contribution in [0, 0.1) is 11.3 Å². The molecule has 1 N–H and O–H groups in total. The van der Waals surface area contributed by atoms with E-state index in [-0.39, 0.29) is 0 Å². The molecule has 27 heavy (non-hydrogen) atoms. The van der Waals surface area contributed by atoms with Gasteiger partial charge in [0.25, 0.3) is 10.0 Å². The molecule has 2 rings (SSSR count). The highest BCUT2D eigenvalue weighted by molar-refractivity contribution is 9.10. The highest BCUT2D eigenvalue weighted by Gasteiger charge is 2.21. The van der Waals surface area contributed by atoms with Crippen molar-refractivity contribution in [2.75, 3.05) is 26.1 Å². The number of ether oxygens (including phenoxy) is 3. The molecule has 0 aliphatic heterocycles. The topological polar surface area (TPSA) is 97.7 Å². The van der Waals surface area contributed by atoms with Crippen LogP contribution in [-0.2, 0) is 10.0 Å². The summed E-state index contributed by atoms with van der Waals surface area (Å²) in [5.74, 6) is 1.07. The molecular formula is C18H17BrN2O5S. The van der Waals surface area contributed by atoms with Crippen LogP contribution in [0.25, 0.3) is 6.08 Å². The Kier molecular flexibility index (Phi) is 6.71. The maximum absolute atomic E-state index is 12.6. The molecule has 0 aliphatic carbocycles. The number of allylic oxidation sites excluding steroid dienone is 1. The van der Waals surface area contributed by atoms with E-state index in [0.717, 1.165) is 4.47 Å². The van der Waals surface area contributed by atoms with Crippen LogP contribution in [0.5, 0.6) is 17.2 Å². The van der Waals surface area contributed by atoms with Gasteiger partial charge in [0.15, 0.2) is 4.91 Å². The predicted octanol–water partition coefficient (Wildman–Crippen LogP) is 3.78. The van der Waals surface area contributed by atoms with Crippen molar-refractivity contribution in [3.8, 4) is 23.3 Å². The summed E-state index contributed by atoms with van der Waals surface area (Å²) in [5, 5.41) is 9.42. The summed E-state index contributed by atoms with van der Waals surface area (Å²) in [7, 11) is 0.219. The minimum Gasteiger partial charge on any atom is -0.496 e. The number of benzene rings is 2. The van der Waals surface area contributed by atoms with E-state index in [1.807, 2.05) is 0 Å². The maximum Gasteiger partial charge on any atom is 0.272 e. The smallest absolute Gasteiger partial charge is 0.272 e. The standard InChI is InChI=1S/C18H17BrN2O5S/c1-24-14-8-17(25-2)16(18(9-14)26-3)10-15(11-20)27(22,23)21-13-6-4-12(19)5-7-13/h4-10,21H,1-3H3. The van der Waals surface area contributed by atoms with Crippen molar-refractivity contribution in [1.82, 2.24) is 0 Å². The van der Waals surface area contributed by atoms with Crippen LogP contribution in [0.3, 0.4) is 0 Å². The Bertz CT molecular complexity index is 970. The molecule has 0 unspecified atom stereocenters. The number of halogens is 1. The number of rotatable bonds is 7. The van der Waals surface area contributed by atoms with E-state index < -0.39 is 14.9 Å². The Morgan fingerprint density at radius 1 is 1.07 bits per heavy atom. The van der Waals surface area contributed by atoms with Gasteiger partial charge in [-0.1, -0.05) is 15.9 Å². The number of anilines is 1. The Hall–Kier alpha value is -2.70. The summed E-state index contributed by atoms with van der Waals surface area (Å²) in [6.07, 6.45) is 1.19. The minimum atomic E-state index is -4.11. The summed E-state index contributed by atoms with van der Waals surface area (Å²) in [4.78, 5) is -0.493. The van der Waals surface area contributed by atoms with Gasteiger partial charge in [0.2, 0.25) is 0 Å². The first-order valence-corrected chi connectivity index (χ1v) is 9.82. The largest absolute Gasteiger partial charge is 0.496 e. The van der Waals surface area contributed by atoms with Gasteiger partial charge in [-0.2, -0.15) is 5.26 Å². The number of nitrogens with one attached hydrogen (secondary N) is 1. The number of nitrogens with zero attached hydrogens (tertiary/aromatic N) is 1. The lowest BCUT2D eigenvalue weighted by molar-refractivity contribution is 0.374. The molecule has 0 bridgehead atoms. The number of hydrogen-bond acceptors (Lipinski definition) is 6. The lowest BCUT2D eigenvalue weighted by Gasteiger charge is -2.13. The van der Waals surface area contributed by atoms with Gasteiger partial charge in [0, 0.05) is 22.3 Å². The summed E-state index contributed by atoms with van der Waals surface area (Å²) in [6, 6.07) is 11.4. The van der Waals surface area contributed by atoms with E-state index in [1.165, 1.54) is 27.4 Å². The Morgan fingerprint density at radius 2 is 1.63 bits per heavy atom. The molecule has 0 aliphatic rings. The van der Waals surface area contributed by atoms with Crippen molar-refractivity contribution in [2.24, 2.45) is 0 Å². The van der Waals surface area contributed by atoms with E-state index in [1.54, 1.807) is 42.5 Å². The molecule has 9 heteroatoms. The average Bonchev–Trinajstić information content (AvgIpc) is 2.66. The molecule has 0 heterocycles. The molecular weight excluding hydrogens is 436 g/mol. The first-order chi connectivity index (χ1) is 12.8. The van der Waals surface area contributed by atoms with Crippen LogP contribution in [0.2, 0.25) is 0 Å². The predicted molar refractivity (Wildman–Crippen MR) is 106 cm³/mol. The Balaban J connectivity index is 2.51. The van der Waals surface area contributed by atoms with E-state index in [4.69, 9.17) is 14.2 Å². The summed E-state index contributed by atoms with van der Waals surface area (Å²) < 4.78 is 44.1. The number of nitriles is 1. The third kappa shape index (κ3) is 4.93. The highest BCUT2D eigenvalue weighted by Crippen LogP contribution is 2.36. The van der Waals surface area contributed by atoms with Crippen LogP contribution in [0.4, 0.5) is 5.69 Å². The van der Waals surface area contributed by atoms with Crippen LogP contribution >= 0.6 is 15.9 Å². The number of methoxy groups -OCH3 is 3. The Morgan fingerprint density at radius 3 is 2.07 bits per heavy atom. The van der Waals surface area contributed by atoms with Crippen molar-refractivity contribution in [2.45, 2.75) is 0 Å². The van der Waals surface area contributed by atoms with E-state index >= 15 is 0 Å². The molecule has 0 saturated heterocycles. The van der Waals surface area contributed by atoms with Crippen LogP contribution in [0.15, 0.2) is 45.8 Å². The van der Waals surface area contributed by atoms with E-state index in [0.29, 0.717) is 28.5 Å². The van der Waals surface area contributed by atoms with Crippen LogP contribution in [-0.4, -0.2) is 29.7 Å². The first kappa shape index (κ1) is 20.6. The first-order valence-electron chi connectivity index (χ1n) is 7.54. The van der Waals surface area contributed by atoms with Crippen molar-refractivity contribution in [1.29, 1.82) is 5.26 Å². The molecule has 7 nitrogen and oxygen atoms in total. The van der Waals surface area contributed by atoms with Gasteiger partial charge >= 0.3 is 0 Å². The molecule has 0 atom stereocenters. The Labute approximate surface area is 166 Å². The highest BCUT2D eigenvalue weighted by atomic mass is 79.9. The summed E-state index contributed by atoms with van der Waals surface area (Å²) in [5.41, 5.74) is 0.631. The third-order valence-corrected chi connectivity index (χ3v) is 5.35. The molecule has 0 spiro atoms.